The van der Waals surface area contributed by atoms with Gasteiger partial charge in [-0.05, 0) is 48.7 Å². The van der Waals surface area contributed by atoms with Crippen molar-refractivity contribution >= 4 is 21.7 Å². The summed E-state index contributed by atoms with van der Waals surface area (Å²) in [4.78, 5) is 14.5. The zero-order chi connectivity index (χ0) is 24.7. The molecular formula is C24H32N2O7S. The molecular weight excluding hydrogens is 460 g/mol. The Labute approximate surface area is 201 Å². The van der Waals surface area contributed by atoms with E-state index >= 15 is 0 Å². The van der Waals surface area contributed by atoms with Gasteiger partial charge in [-0.1, -0.05) is 6.07 Å². The minimum atomic E-state index is -3.73. The lowest BCUT2D eigenvalue weighted by molar-refractivity contribution is 0.0601. The number of rotatable bonds is 10. The van der Waals surface area contributed by atoms with Gasteiger partial charge in [0, 0.05) is 26.7 Å². The van der Waals surface area contributed by atoms with E-state index in [1.54, 1.807) is 20.3 Å². The number of benzene rings is 2. The predicted octanol–water partition coefficient (Wildman–Crippen LogP) is 2.58. The molecule has 1 saturated heterocycles. The molecule has 0 saturated carbocycles. The second-order valence-electron chi connectivity index (χ2n) is 7.90. The summed E-state index contributed by atoms with van der Waals surface area (Å²) in [6.45, 7) is 1.92. The highest BCUT2D eigenvalue weighted by Gasteiger charge is 2.28. The molecule has 0 spiro atoms. The van der Waals surface area contributed by atoms with E-state index in [4.69, 9.17) is 18.9 Å². The number of aryl methyl sites for hydroxylation is 1. The minimum absolute atomic E-state index is 0.0669. The van der Waals surface area contributed by atoms with Gasteiger partial charge in [0.1, 0.15) is 0 Å². The van der Waals surface area contributed by atoms with Gasteiger partial charge in [-0.2, -0.15) is 4.31 Å². The first-order chi connectivity index (χ1) is 16.3. The van der Waals surface area contributed by atoms with Crippen molar-refractivity contribution in [2.75, 3.05) is 66.1 Å². The average Bonchev–Trinajstić information content (AvgIpc) is 2.88. The summed E-state index contributed by atoms with van der Waals surface area (Å²) < 4.78 is 48.3. The van der Waals surface area contributed by atoms with Crippen LogP contribution >= 0.6 is 0 Å². The van der Waals surface area contributed by atoms with E-state index in [0.717, 1.165) is 18.4 Å². The SMILES string of the molecule is COC(=O)c1cc(S(=O)(=O)N2CCOCC2)ccc1N(C)CCCc1ccc(OC)c(OC)c1. The Balaban J connectivity index is 1.75. The Morgan fingerprint density at radius 3 is 2.38 bits per heavy atom. The Morgan fingerprint density at radius 1 is 1.03 bits per heavy atom. The van der Waals surface area contributed by atoms with Crippen molar-refractivity contribution in [2.24, 2.45) is 0 Å². The molecule has 0 unspecified atom stereocenters. The second-order valence-corrected chi connectivity index (χ2v) is 9.84. The number of carbonyl (C=O) groups is 1. The summed E-state index contributed by atoms with van der Waals surface area (Å²) in [5, 5.41) is 0. The van der Waals surface area contributed by atoms with Crippen molar-refractivity contribution in [1.82, 2.24) is 4.31 Å². The zero-order valence-electron chi connectivity index (χ0n) is 20.1. The van der Waals surface area contributed by atoms with Crippen LogP contribution in [0.15, 0.2) is 41.3 Å². The molecule has 3 rings (SSSR count). The number of nitrogens with zero attached hydrogens (tertiary/aromatic N) is 2. The van der Waals surface area contributed by atoms with Crippen LogP contribution in [-0.2, 0) is 25.9 Å². The normalized spacial score (nSPS) is 14.5. The fraction of sp³-hybridized carbons (Fsp3) is 0.458. The van der Waals surface area contributed by atoms with Gasteiger partial charge in [0.15, 0.2) is 11.5 Å². The first kappa shape index (κ1) is 25.8. The Kier molecular flexibility index (Phi) is 8.76. The molecule has 34 heavy (non-hydrogen) atoms. The van der Waals surface area contributed by atoms with Crippen LogP contribution in [0.4, 0.5) is 5.69 Å². The molecule has 10 heteroatoms. The van der Waals surface area contributed by atoms with Crippen LogP contribution in [-0.4, -0.2) is 79.9 Å². The van der Waals surface area contributed by atoms with E-state index in [1.807, 2.05) is 30.1 Å². The summed E-state index contributed by atoms with van der Waals surface area (Å²) in [5.74, 6) is 0.775. The average molecular weight is 493 g/mol. The van der Waals surface area contributed by atoms with E-state index in [-0.39, 0.29) is 23.5 Å². The number of hydrogen-bond acceptors (Lipinski definition) is 8. The van der Waals surface area contributed by atoms with E-state index in [0.29, 0.717) is 36.9 Å². The van der Waals surface area contributed by atoms with E-state index < -0.39 is 16.0 Å². The molecule has 0 atom stereocenters. The third-order valence-electron chi connectivity index (χ3n) is 5.80. The smallest absolute Gasteiger partial charge is 0.340 e. The molecule has 186 valence electrons. The van der Waals surface area contributed by atoms with Crippen molar-refractivity contribution in [3.05, 3.63) is 47.5 Å². The van der Waals surface area contributed by atoms with Crippen LogP contribution in [0.3, 0.4) is 0 Å². The lowest BCUT2D eigenvalue weighted by atomic mass is 10.1. The summed E-state index contributed by atoms with van der Waals surface area (Å²) in [7, 11) is 2.63. The molecule has 1 aliphatic heterocycles. The van der Waals surface area contributed by atoms with Crippen LogP contribution in [0.1, 0.15) is 22.3 Å². The number of anilines is 1. The molecule has 1 aliphatic rings. The minimum Gasteiger partial charge on any atom is -0.493 e. The monoisotopic (exact) mass is 492 g/mol. The number of ether oxygens (including phenoxy) is 4. The molecule has 0 amide bonds. The van der Waals surface area contributed by atoms with E-state index in [1.165, 1.54) is 23.5 Å². The van der Waals surface area contributed by atoms with Crippen LogP contribution in [0.5, 0.6) is 11.5 Å². The van der Waals surface area contributed by atoms with Crippen molar-refractivity contribution in [2.45, 2.75) is 17.7 Å². The van der Waals surface area contributed by atoms with E-state index in [2.05, 4.69) is 0 Å². The fourth-order valence-electron chi connectivity index (χ4n) is 3.89. The van der Waals surface area contributed by atoms with E-state index in [9.17, 15) is 13.2 Å². The van der Waals surface area contributed by atoms with Gasteiger partial charge < -0.3 is 23.8 Å². The third kappa shape index (κ3) is 5.81. The number of sulfonamides is 1. The highest BCUT2D eigenvalue weighted by Crippen LogP contribution is 2.29. The van der Waals surface area contributed by atoms with Crippen molar-refractivity contribution in [3.8, 4) is 11.5 Å². The zero-order valence-corrected chi connectivity index (χ0v) is 20.9. The molecule has 0 radical (unpaired) electrons. The van der Waals surface area contributed by atoms with Gasteiger partial charge in [0.25, 0.3) is 0 Å². The van der Waals surface area contributed by atoms with Gasteiger partial charge in [0.05, 0.1) is 50.7 Å². The lowest BCUT2D eigenvalue weighted by Crippen LogP contribution is -2.40. The molecule has 0 N–H and O–H groups in total. The second kappa shape index (κ2) is 11.5. The molecule has 0 aromatic heterocycles. The standard InChI is InChI=1S/C24H32N2O7S/c1-25(11-5-6-18-7-10-22(30-2)23(16-18)31-3)21-9-8-19(17-20(21)24(27)32-4)34(28,29)26-12-14-33-15-13-26/h7-10,16-17H,5-6,11-15H2,1-4H3. The number of carbonyl (C=O) groups excluding carboxylic acids is 1. The summed E-state index contributed by atoms with van der Waals surface area (Å²) in [6, 6.07) is 10.4. The predicted molar refractivity (Wildman–Crippen MR) is 128 cm³/mol. The molecule has 1 heterocycles. The maximum atomic E-state index is 13.0. The van der Waals surface area contributed by atoms with Gasteiger partial charge >= 0.3 is 5.97 Å². The highest BCUT2D eigenvalue weighted by atomic mass is 32.2. The maximum Gasteiger partial charge on any atom is 0.340 e. The quantitative estimate of drug-likeness (QED) is 0.467. The highest BCUT2D eigenvalue weighted by molar-refractivity contribution is 7.89. The number of esters is 1. The topological polar surface area (TPSA) is 94.6 Å². The van der Waals surface area contributed by atoms with Crippen molar-refractivity contribution in [1.29, 1.82) is 0 Å². The van der Waals surface area contributed by atoms with Gasteiger partial charge in [-0.15, -0.1) is 0 Å². The van der Waals surface area contributed by atoms with Crippen LogP contribution in [0.25, 0.3) is 0 Å². The number of methoxy groups -OCH3 is 3. The summed E-state index contributed by atoms with van der Waals surface area (Å²) >= 11 is 0. The summed E-state index contributed by atoms with van der Waals surface area (Å²) in [6.07, 6.45) is 1.60. The Hall–Kier alpha value is -2.82. The molecule has 0 aliphatic carbocycles. The molecule has 2 aromatic carbocycles. The third-order valence-corrected chi connectivity index (χ3v) is 7.69. The first-order valence-corrected chi connectivity index (χ1v) is 12.5. The van der Waals surface area contributed by atoms with Crippen molar-refractivity contribution < 1.29 is 32.2 Å². The number of morpholine rings is 1. The fourth-order valence-corrected chi connectivity index (χ4v) is 5.33. The summed E-state index contributed by atoms with van der Waals surface area (Å²) in [5.41, 5.74) is 1.93. The number of hydrogen-bond donors (Lipinski definition) is 0. The maximum absolute atomic E-state index is 13.0. The van der Waals surface area contributed by atoms with Crippen molar-refractivity contribution in [3.63, 3.8) is 0 Å². The molecule has 9 nitrogen and oxygen atoms in total. The lowest BCUT2D eigenvalue weighted by Gasteiger charge is -2.27. The van der Waals surface area contributed by atoms with Crippen LogP contribution in [0, 0.1) is 0 Å². The first-order valence-electron chi connectivity index (χ1n) is 11.0. The Bertz CT molecular complexity index is 1100. The largest absolute Gasteiger partial charge is 0.493 e. The Morgan fingerprint density at radius 2 is 1.74 bits per heavy atom. The van der Waals surface area contributed by atoms with Gasteiger partial charge in [-0.25, -0.2) is 13.2 Å². The van der Waals surface area contributed by atoms with Crippen LogP contribution in [0.2, 0.25) is 0 Å². The van der Waals surface area contributed by atoms with Crippen LogP contribution < -0.4 is 14.4 Å². The van der Waals surface area contributed by atoms with Gasteiger partial charge in [0.2, 0.25) is 10.0 Å². The molecule has 2 aromatic rings. The molecule has 0 bridgehead atoms. The van der Waals surface area contributed by atoms with Gasteiger partial charge in [-0.3, -0.25) is 0 Å². The molecule has 1 fully saturated rings.